The van der Waals surface area contributed by atoms with Crippen molar-refractivity contribution in [2.45, 2.75) is 19.8 Å². The number of benzene rings is 1. The molecule has 1 aliphatic carbocycles. The summed E-state index contributed by atoms with van der Waals surface area (Å²) in [5, 5.41) is 0. The van der Waals surface area contributed by atoms with Crippen LogP contribution in [0.4, 0.5) is 5.69 Å². The molecule has 2 rings (SSSR count). The van der Waals surface area contributed by atoms with Crippen molar-refractivity contribution in [2.24, 2.45) is 5.92 Å². The molecule has 1 saturated carbocycles. The van der Waals surface area contributed by atoms with Crippen LogP contribution in [0.3, 0.4) is 0 Å². The van der Waals surface area contributed by atoms with E-state index in [1.807, 2.05) is 25.1 Å². The van der Waals surface area contributed by atoms with Crippen LogP contribution in [0.15, 0.2) is 18.2 Å². The number of para-hydroxylation sites is 1. The third-order valence-corrected chi connectivity index (χ3v) is 2.54. The molecule has 0 atom stereocenters. The summed E-state index contributed by atoms with van der Waals surface area (Å²) < 4.78 is 0. The first kappa shape index (κ1) is 8.30. The van der Waals surface area contributed by atoms with Crippen LogP contribution in [0.25, 0.3) is 0 Å². The molecule has 2 heteroatoms. The normalized spacial score (nSPS) is 15.8. The molecule has 0 unspecified atom stereocenters. The average molecular weight is 175 g/mol. The number of hydrogen-bond acceptors (Lipinski definition) is 2. The minimum absolute atomic E-state index is 0.223. The highest BCUT2D eigenvalue weighted by atomic mass is 16.1. The van der Waals surface area contributed by atoms with E-state index in [1.165, 1.54) is 0 Å². The lowest BCUT2D eigenvalue weighted by Gasteiger charge is -2.05. The fourth-order valence-electron chi connectivity index (χ4n) is 1.46. The Morgan fingerprint density at radius 1 is 1.46 bits per heavy atom. The van der Waals surface area contributed by atoms with E-state index in [1.54, 1.807) is 0 Å². The number of ketones is 1. The molecule has 1 aromatic rings. The number of Topliss-reactive ketones (excluding diaryl/α,β-unsaturated/α-hetero) is 1. The van der Waals surface area contributed by atoms with Gasteiger partial charge in [-0.2, -0.15) is 0 Å². The van der Waals surface area contributed by atoms with Gasteiger partial charge in [0.1, 0.15) is 0 Å². The van der Waals surface area contributed by atoms with E-state index in [-0.39, 0.29) is 11.7 Å². The maximum Gasteiger partial charge on any atom is 0.168 e. The van der Waals surface area contributed by atoms with Crippen LogP contribution in [-0.4, -0.2) is 5.78 Å². The highest BCUT2D eigenvalue weighted by Gasteiger charge is 2.31. The van der Waals surface area contributed by atoms with Crippen LogP contribution < -0.4 is 5.73 Å². The van der Waals surface area contributed by atoms with Crippen molar-refractivity contribution in [1.29, 1.82) is 0 Å². The first-order chi connectivity index (χ1) is 6.20. The van der Waals surface area contributed by atoms with Gasteiger partial charge in [-0.25, -0.2) is 0 Å². The summed E-state index contributed by atoms with van der Waals surface area (Å²) >= 11 is 0. The zero-order chi connectivity index (χ0) is 9.42. The Labute approximate surface area is 77.8 Å². The van der Waals surface area contributed by atoms with Gasteiger partial charge >= 0.3 is 0 Å². The number of aryl methyl sites for hydroxylation is 1. The smallest absolute Gasteiger partial charge is 0.168 e. The van der Waals surface area contributed by atoms with Gasteiger partial charge in [-0.05, 0) is 31.4 Å². The largest absolute Gasteiger partial charge is 0.398 e. The lowest BCUT2D eigenvalue weighted by atomic mass is 10.0. The molecule has 0 saturated heterocycles. The second kappa shape index (κ2) is 2.87. The molecule has 68 valence electrons. The Kier molecular flexibility index (Phi) is 1.83. The second-order valence-corrected chi connectivity index (χ2v) is 3.67. The Bertz CT molecular complexity index is 353. The molecular formula is C11H13NO. The van der Waals surface area contributed by atoms with Gasteiger partial charge in [0.15, 0.2) is 5.78 Å². The number of rotatable bonds is 2. The van der Waals surface area contributed by atoms with E-state index >= 15 is 0 Å². The van der Waals surface area contributed by atoms with Gasteiger partial charge < -0.3 is 5.73 Å². The molecule has 2 nitrogen and oxygen atoms in total. The average Bonchev–Trinajstić information content (AvgIpc) is 2.91. The maximum absolute atomic E-state index is 11.7. The topological polar surface area (TPSA) is 43.1 Å². The van der Waals surface area contributed by atoms with Crippen molar-refractivity contribution < 1.29 is 4.79 Å². The second-order valence-electron chi connectivity index (χ2n) is 3.67. The quantitative estimate of drug-likeness (QED) is 0.553. The van der Waals surface area contributed by atoms with Crippen LogP contribution in [-0.2, 0) is 0 Å². The molecule has 13 heavy (non-hydrogen) atoms. The third kappa shape index (κ3) is 1.44. The number of carbonyl (C=O) groups is 1. The van der Waals surface area contributed by atoms with Gasteiger partial charge in [-0.15, -0.1) is 0 Å². The summed E-state index contributed by atoms with van der Waals surface area (Å²) in [5.41, 5.74) is 8.18. The molecule has 1 aromatic carbocycles. The Morgan fingerprint density at radius 2 is 2.15 bits per heavy atom. The van der Waals surface area contributed by atoms with Gasteiger partial charge in [0, 0.05) is 17.2 Å². The zero-order valence-electron chi connectivity index (χ0n) is 7.71. The Morgan fingerprint density at radius 3 is 2.77 bits per heavy atom. The number of nitrogens with two attached hydrogens (primary N) is 1. The monoisotopic (exact) mass is 175 g/mol. The summed E-state index contributed by atoms with van der Waals surface area (Å²) in [7, 11) is 0. The van der Waals surface area contributed by atoms with Crippen LogP contribution in [0, 0.1) is 12.8 Å². The number of carbonyl (C=O) groups excluding carboxylic acids is 1. The van der Waals surface area contributed by atoms with Crippen LogP contribution in [0.2, 0.25) is 0 Å². The highest BCUT2D eigenvalue weighted by Crippen LogP contribution is 2.34. The molecule has 0 heterocycles. The van der Waals surface area contributed by atoms with Crippen LogP contribution >= 0.6 is 0 Å². The van der Waals surface area contributed by atoms with E-state index in [4.69, 9.17) is 5.73 Å². The fraction of sp³-hybridized carbons (Fsp3) is 0.364. The summed E-state index contributed by atoms with van der Waals surface area (Å²) in [6.07, 6.45) is 2.07. The number of nitrogen functional groups attached to an aromatic ring is 1. The predicted octanol–water partition coefficient (Wildman–Crippen LogP) is 2.17. The number of anilines is 1. The highest BCUT2D eigenvalue weighted by molar-refractivity contribution is 6.03. The van der Waals surface area contributed by atoms with Crippen LogP contribution in [0.5, 0.6) is 0 Å². The van der Waals surface area contributed by atoms with Crippen LogP contribution in [0.1, 0.15) is 28.8 Å². The lowest BCUT2D eigenvalue weighted by molar-refractivity contribution is 0.0968. The molecule has 2 N–H and O–H groups in total. The summed E-state index contributed by atoms with van der Waals surface area (Å²) in [6.45, 7) is 1.93. The first-order valence-electron chi connectivity index (χ1n) is 4.59. The molecule has 1 aliphatic rings. The van der Waals surface area contributed by atoms with Crippen molar-refractivity contribution in [2.75, 3.05) is 5.73 Å². The van der Waals surface area contributed by atoms with Crippen molar-refractivity contribution in [1.82, 2.24) is 0 Å². The minimum atomic E-state index is 0.223. The summed E-state index contributed by atoms with van der Waals surface area (Å²) in [4.78, 5) is 11.7. The zero-order valence-corrected chi connectivity index (χ0v) is 7.71. The van der Waals surface area contributed by atoms with Crippen molar-refractivity contribution in [3.8, 4) is 0 Å². The lowest BCUT2D eigenvalue weighted by Crippen LogP contribution is -2.06. The molecule has 0 aliphatic heterocycles. The van der Waals surface area contributed by atoms with Gasteiger partial charge in [-0.1, -0.05) is 12.1 Å². The van der Waals surface area contributed by atoms with E-state index in [2.05, 4.69) is 0 Å². The van der Waals surface area contributed by atoms with E-state index < -0.39 is 0 Å². The fourth-order valence-corrected chi connectivity index (χ4v) is 1.46. The van der Waals surface area contributed by atoms with Crippen molar-refractivity contribution in [3.63, 3.8) is 0 Å². The number of hydrogen-bond donors (Lipinski definition) is 1. The molecular weight excluding hydrogens is 162 g/mol. The summed E-state index contributed by atoms with van der Waals surface area (Å²) in [6, 6.07) is 5.64. The van der Waals surface area contributed by atoms with E-state index in [9.17, 15) is 4.79 Å². The van der Waals surface area contributed by atoms with Crippen molar-refractivity contribution in [3.05, 3.63) is 29.3 Å². The maximum atomic E-state index is 11.7. The predicted molar refractivity (Wildman–Crippen MR) is 52.6 cm³/mol. The summed E-state index contributed by atoms with van der Waals surface area (Å²) in [5.74, 6) is 0.477. The van der Waals surface area contributed by atoms with E-state index in [0.717, 1.165) is 18.4 Å². The molecule has 0 amide bonds. The minimum Gasteiger partial charge on any atom is -0.398 e. The Balaban J connectivity index is 2.38. The molecule has 0 spiro atoms. The van der Waals surface area contributed by atoms with Crippen molar-refractivity contribution >= 4 is 11.5 Å². The van der Waals surface area contributed by atoms with Gasteiger partial charge in [0.25, 0.3) is 0 Å². The van der Waals surface area contributed by atoms with Gasteiger partial charge in [0.2, 0.25) is 0 Å². The Hall–Kier alpha value is -1.31. The molecule has 1 fully saturated rings. The molecule has 0 aromatic heterocycles. The third-order valence-electron chi connectivity index (χ3n) is 2.54. The SMILES string of the molecule is Cc1cccc(C(=O)C2CC2)c1N. The van der Waals surface area contributed by atoms with Gasteiger partial charge in [-0.3, -0.25) is 4.79 Å². The first-order valence-corrected chi connectivity index (χ1v) is 4.59. The van der Waals surface area contributed by atoms with E-state index in [0.29, 0.717) is 11.3 Å². The molecule has 0 bridgehead atoms. The van der Waals surface area contributed by atoms with Gasteiger partial charge in [0.05, 0.1) is 0 Å². The standard InChI is InChI=1S/C11H13NO/c1-7-3-2-4-9(10(7)12)11(13)8-5-6-8/h2-4,8H,5-6,12H2,1H3. The molecule has 0 radical (unpaired) electrons.